The van der Waals surface area contributed by atoms with Gasteiger partial charge in [0.1, 0.15) is 0 Å². The SMILES string of the molecule is C[Si](C)(C)C(CCCOP(=O)(O)O)[Si](C)(C)C. The number of phosphoric ester groups is 1. The third-order valence-electron chi connectivity index (χ3n) is 2.99. The summed E-state index contributed by atoms with van der Waals surface area (Å²) in [6.07, 6.45) is 1.77. The summed E-state index contributed by atoms with van der Waals surface area (Å²) in [6.45, 7) is 14.4. The van der Waals surface area contributed by atoms with E-state index in [2.05, 4.69) is 43.8 Å². The summed E-state index contributed by atoms with van der Waals surface area (Å²) in [4.78, 5) is 17.2. The fourth-order valence-electron chi connectivity index (χ4n) is 2.64. The Morgan fingerprint density at radius 3 is 1.76 bits per heavy atom. The van der Waals surface area contributed by atoms with Gasteiger partial charge in [0.2, 0.25) is 0 Å². The van der Waals surface area contributed by atoms with E-state index >= 15 is 0 Å². The van der Waals surface area contributed by atoms with Gasteiger partial charge in [0, 0.05) is 16.1 Å². The van der Waals surface area contributed by atoms with Gasteiger partial charge < -0.3 is 9.79 Å². The van der Waals surface area contributed by atoms with E-state index in [1.807, 2.05) is 0 Å². The molecule has 0 aliphatic heterocycles. The Hall–Kier alpha value is 0.544. The van der Waals surface area contributed by atoms with Crippen LogP contribution in [0.2, 0.25) is 44.4 Å². The third-order valence-corrected chi connectivity index (χ3v) is 13.5. The summed E-state index contributed by atoms with van der Waals surface area (Å²) < 4.78 is 15.1. The Balaban J connectivity index is 4.26. The van der Waals surface area contributed by atoms with E-state index in [-0.39, 0.29) is 6.61 Å². The molecule has 0 heterocycles. The van der Waals surface area contributed by atoms with Crippen LogP contribution in [0.3, 0.4) is 0 Å². The molecule has 104 valence electrons. The molecule has 7 heteroatoms. The fraction of sp³-hybridized carbons (Fsp3) is 1.00. The van der Waals surface area contributed by atoms with Crippen molar-refractivity contribution < 1.29 is 18.9 Å². The second-order valence-electron chi connectivity index (χ2n) is 6.75. The Morgan fingerprint density at radius 1 is 1.06 bits per heavy atom. The monoisotopic (exact) mass is 298 g/mol. The Labute approximate surface area is 107 Å². The molecule has 0 saturated carbocycles. The van der Waals surface area contributed by atoms with Crippen LogP contribution in [0, 0.1) is 0 Å². The Bertz CT molecular complexity index is 263. The summed E-state index contributed by atoms with van der Waals surface area (Å²) in [5.74, 6) is 0. The number of phosphoric acid groups is 1. The highest BCUT2D eigenvalue weighted by atomic mass is 31.2. The molecule has 0 aliphatic carbocycles. The van der Waals surface area contributed by atoms with E-state index in [0.29, 0.717) is 0 Å². The average molecular weight is 298 g/mol. The second kappa shape index (κ2) is 6.13. The maximum absolute atomic E-state index is 10.6. The van der Waals surface area contributed by atoms with Gasteiger partial charge in [-0.1, -0.05) is 45.7 Å². The van der Waals surface area contributed by atoms with Gasteiger partial charge in [0.25, 0.3) is 0 Å². The van der Waals surface area contributed by atoms with Crippen molar-refractivity contribution in [1.29, 1.82) is 0 Å². The first-order valence-corrected chi connectivity index (χ1v) is 14.7. The van der Waals surface area contributed by atoms with Crippen molar-refractivity contribution in [1.82, 2.24) is 0 Å². The summed E-state index contributed by atoms with van der Waals surface area (Å²) in [7, 11) is -6.70. The lowest BCUT2D eigenvalue weighted by Gasteiger charge is -2.38. The quantitative estimate of drug-likeness (QED) is 0.429. The van der Waals surface area contributed by atoms with Gasteiger partial charge in [0.15, 0.2) is 0 Å². The number of hydrogen-bond donors (Lipinski definition) is 2. The van der Waals surface area contributed by atoms with Crippen LogP contribution in [0.15, 0.2) is 0 Å². The molecule has 0 amide bonds. The molecule has 0 unspecified atom stereocenters. The van der Waals surface area contributed by atoms with Gasteiger partial charge in [0.05, 0.1) is 6.61 Å². The minimum atomic E-state index is -4.28. The van der Waals surface area contributed by atoms with E-state index in [1.54, 1.807) is 0 Å². The summed E-state index contributed by atoms with van der Waals surface area (Å²) in [5.41, 5.74) is 0. The van der Waals surface area contributed by atoms with E-state index in [0.717, 1.165) is 18.0 Å². The van der Waals surface area contributed by atoms with Crippen molar-refractivity contribution >= 4 is 24.0 Å². The lowest BCUT2D eigenvalue weighted by Crippen LogP contribution is -2.43. The average Bonchev–Trinajstić information content (AvgIpc) is 1.95. The molecule has 0 aromatic carbocycles. The molecule has 17 heavy (non-hydrogen) atoms. The highest BCUT2D eigenvalue weighted by molar-refractivity contribution is 7.46. The first-order valence-electron chi connectivity index (χ1n) is 6.04. The maximum Gasteiger partial charge on any atom is 0.469 e. The topological polar surface area (TPSA) is 66.8 Å². The molecule has 0 atom stereocenters. The van der Waals surface area contributed by atoms with Crippen molar-refractivity contribution in [2.75, 3.05) is 6.61 Å². The van der Waals surface area contributed by atoms with Crippen molar-refractivity contribution in [2.45, 2.75) is 57.3 Å². The molecule has 0 radical (unpaired) electrons. The zero-order chi connectivity index (χ0) is 13.9. The highest BCUT2D eigenvalue weighted by Crippen LogP contribution is 2.38. The molecule has 4 nitrogen and oxygen atoms in total. The van der Waals surface area contributed by atoms with Crippen LogP contribution in [-0.2, 0) is 9.09 Å². The molecule has 0 bridgehead atoms. The minimum absolute atomic E-state index is 0.162. The zero-order valence-corrected chi connectivity index (χ0v) is 14.8. The van der Waals surface area contributed by atoms with Gasteiger partial charge in [-0.2, -0.15) is 0 Å². The first kappa shape index (κ1) is 17.5. The Kier molecular flexibility index (Phi) is 6.32. The lowest BCUT2D eigenvalue weighted by atomic mass is 10.3. The molecule has 0 saturated heterocycles. The smallest absolute Gasteiger partial charge is 0.303 e. The van der Waals surface area contributed by atoms with Crippen LogP contribution in [0.5, 0.6) is 0 Å². The number of rotatable bonds is 7. The molecule has 0 aliphatic rings. The summed E-state index contributed by atoms with van der Waals surface area (Å²) >= 11 is 0. The molecule has 0 spiro atoms. The fourth-order valence-corrected chi connectivity index (χ4v) is 15.5. The van der Waals surface area contributed by atoms with E-state index < -0.39 is 24.0 Å². The van der Waals surface area contributed by atoms with E-state index in [9.17, 15) is 4.57 Å². The van der Waals surface area contributed by atoms with Crippen molar-refractivity contribution in [3.05, 3.63) is 0 Å². The van der Waals surface area contributed by atoms with Crippen LogP contribution in [0.4, 0.5) is 0 Å². The molecular formula is C10H27O4PSi2. The normalized spacial score (nSPS) is 14.4. The third kappa shape index (κ3) is 8.29. The molecule has 0 rings (SSSR count). The maximum atomic E-state index is 10.6. The second-order valence-corrected chi connectivity index (χ2v) is 19.4. The van der Waals surface area contributed by atoms with Crippen LogP contribution in [-0.4, -0.2) is 32.5 Å². The van der Waals surface area contributed by atoms with Gasteiger partial charge in [-0.25, -0.2) is 4.57 Å². The molecule has 0 aromatic heterocycles. The van der Waals surface area contributed by atoms with Gasteiger partial charge >= 0.3 is 7.82 Å². The molecule has 0 fully saturated rings. The standard InChI is InChI=1S/C10H27O4PSi2/c1-16(2,3)10(17(4,5)6)8-7-9-14-15(11,12)13/h10H,7-9H2,1-6H3,(H2,11,12,13). The van der Waals surface area contributed by atoms with Crippen molar-refractivity contribution in [2.24, 2.45) is 0 Å². The van der Waals surface area contributed by atoms with Crippen LogP contribution in [0.25, 0.3) is 0 Å². The first-order chi connectivity index (χ1) is 7.34. The van der Waals surface area contributed by atoms with Crippen molar-refractivity contribution in [3.63, 3.8) is 0 Å². The zero-order valence-electron chi connectivity index (χ0n) is 11.9. The van der Waals surface area contributed by atoms with Crippen LogP contribution >= 0.6 is 7.82 Å². The van der Waals surface area contributed by atoms with Crippen LogP contribution < -0.4 is 0 Å². The molecule has 0 aromatic rings. The van der Waals surface area contributed by atoms with E-state index in [4.69, 9.17) is 9.79 Å². The molecular weight excluding hydrogens is 271 g/mol. The largest absolute Gasteiger partial charge is 0.469 e. The summed E-state index contributed by atoms with van der Waals surface area (Å²) in [6, 6.07) is 0. The van der Waals surface area contributed by atoms with Crippen molar-refractivity contribution in [3.8, 4) is 0 Å². The predicted octanol–water partition coefficient (Wildman–Crippen LogP) is 3.46. The van der Waals surface area contributed by atoms with Gasteiger partial charge in [-0.3, -0.25) is 4.52 Å². The minimum Gasteiger partial charge on any atom is -0.303 e. The number of hydrogen-bond acceptors (Lipinski definition) is 2. The van der Waals surface area contributed by atoms with Gasteiger partial charge in [-0.05, 0) is 11.6 Å². The summed E-state index contributed by atoms with van der Waals surface area (Å²) in [5, 5.41) is 0.760. The molecule has 2 N–H and O–H groups in total. The predicted molar refractivity (Wildman–Crippen MR) is 77.7 cm³/mol. The van der Waals surface area contributed by atoms with Crippen LogP contribution in [0.1, 0.15) is 12.8 Å². The van der Waals surface area contributed by atoms with E-state index in [1.165, 1.54) is 0 Å². The van der Waals surface area contributed by atoms with Gasteiger partial charge in [-0.15, -0.1) is 0 Å². The lowest BCUT2D eigenvalue weighted by molar-refractivity contribution is 0.194. The highest BCUT2D eigenvalue weighted by Gasteiger charge is 2.36. The Morgan fingerprint density at radius 2 is 1.47 bits per heavy atom.